The van der Waals surface area contributed by atoms with E-state index in [0.717, 1.165) is 0 Å². The van der Waals surface area contributed by atoms with Gasteiger partial charge < -0.3 is 5.11 Å². The maximum Gasteiger partial charge on any atom is 0.322 e. The third kappa shape index (κ3) is 3.50. The molecule has 0 aromatic carbocycles. The van der Waals surface area contributed by atoms with E-state index in [4.69, 9.17) is 5.11 Å². The van der Waals surface area contributed by atoms with Gasteiger partial charge in [-0.2, -0.15) is 4.72 Å². The number of pyridine rings is 1. The zero-order valence-electron chi connectivity index (χ0n) is 9.49. The number of carbonyl (C=O) groups is 1. The molecule has 0 radical (unpaired) electrons. The number of sulfonamides is 1. The molecule has 0 amide bonds. The van der Waals surface area contributed by atoms with Gasteiger partial charge in [-0.1, -0.05) is 19.9 Å². The van der Waals surface area contributed by atoms with Gasteiger partial charge in [0.2, 0.25) is 0 Å². The Bertz CT molecular complexity index is 484. The highest BCUT2D eigenvalue weighted by atomic mass is 32.2. The summed E-state index contributed by atoms with van der Waals surface area (Å²) in [6, 6.07) is 3.24. The van der Waals surface area contributed by atoms with Gasteiger partial charge in [-0.05, 0) is 18.1 Å². The summed E-state index contributed by atoms with van der Waals surface area (Å²) in [7, 11) is -3.89. The topological polar surface area (TPSA) is 96.4 Å². The third-order valence-electron chi connectivity index (χ3n) is 2.13. The first-order valence-corrected chi connectivity index (χ1v) is 6.49. The molecule has 1 rings (SSSR count). The Hall–Kier alpha value is -1.47. The van der Waals surface area contributed by atoms with Gasteiger partial charge in [0.25, 0.3) is 10.0 Å². The molecule has 1 aromatic heterocycles. The van der Waals surface area contributed by atoms with Crippen LogP contribution in [0.1, 0.15) is 13.8 Å². The number of hydrogen-bond acceptors (Lipinski definition) is 4. The van der Waals surface area contributed by atoms with Crippen molar-refractivity contribution in [2.24, 2.45) is 5.92 Å². The molecule has 0 aliphatic heterocycles. The van der Waals surface area contributed by atoms with Crippen LogP contribution in [-0.4, -0.2) is 30.5 Å². The quantitative estimate of drug-likeness (QED) is 0.800. The Balaban J connectivity index is 2.97. The van der Waals surface area contributed by atoms with Gasteiger partial charge in [0, 0.05) is 6.20 Å². The SMILES string of the molecule is CC(C)C(NS(=O)(=O)c1ccccn1)C(=O)O. The van der Waals surface area contributed by atoms with Crippen molar-refractivity contribution in [1.82, 2.24) is 9.71 Å². The van der Waals surface area contributed by atoms with Crippen molar-refractivity contribution in [3.05, 3.63) is 24.4 Å². The van der Waals surface area contributed by atoms with Crippen molar-refractivity contribution in [3.8, 4) is 0 Å². The minimum Gasteiger partial charge on any atom is -0.480 e. The average Bonchev–Trinajstić information content (AvgIpc) is 2.26. The van der Waals surface area contributed by atoms with Crippen molar-refractivity contribution in [3.63, 3.8) is 0 Å². The summed E-state index contributed by atoms with van der Waals surface area (Å²) >= 11 is 0. The van der Waals surface area contributed by atoms with Crippen LogP contribution in [0.3, 0.4) is 0 Å². The van der Waals surface area contributed by atoms with Gasteiger partial charge in [-0.3, -0.25) is 4.79 Å². The van der Waals surface area contributed by atoms with Gasteiger partial charge in [-0.15, -0.1) is 0 Å². The van der Waals surface area contributed by atoms with Crippen LogP contribution in [0.4, 0.5) is 0 Å². The van der Waals surface area contributed by atoms with Crippen LogP contribution in [0.5, 0.6) is 0 Å². The van der Waals surface area contributed by atoms with Crippen LogP contribution < -0.4 is 4.72 Å². The van der Waals surface area contributed by atoms with Crippen LogP contribution in [0.25, 0.3) is 0 Å². The first-order valence-electron chi connectivity index (χ1n) is 5.01. The van der Waals surface area contributed by atoms with E-state index in [2.05, 4.69) is 9.71 Å². The molecule has 2 N–H and O–H groups in total. The molecule has 0 aliphatic carbocycles. The third-order valence-corrected chi connectivity index (χ3v) is 3.48. The van der Waals surface area contributed by atoms with E-state index in [0.29, 0.717) is 0 Å². The fourth-order valence-corrected chi connectivity index (χ4v) is 2.49. The lowest BCUT2D eigenvalue weighted by molar-refractivity contribution is -0.140. The molecule has 0 spiro atoms. The van der Waals surface area contributed by atoms with Crippen molar-refractivity contribution >= 4 is 16.0 Å². The molecule has 0 saturated heterocycles. The summed E-state index contributed by atoms with van der Waals surface area (Å²) < 4.78 is 25.7. The van der Waals surface area contributed by atoms with Crippen molar-refractivity contribution in [2.75, 3.05) is 0 Å². The minimum absolute atomic E-state index is 0.188. The molecule has 7 heteroatoms. The van der Waals surface area contributed by atoms with Crippen molar-refractivity contribution in [2.45, 2.75) is 24.9 Å². The van der Waals surface area contributed by atoms with Crippen LogP contribution in [0.2, 0.25) is 0 Å². The summed E-state index contributed by atoms with van der Waals surface area (Å²) in [5.41, 5.74) is 0. The number of carboxylic acid groups (broad SMARTS) is 1. The fraction of sp³-hybridized carbons (Fsp3) is 0.400. The average molecular weight is 258 g/mol. The number of nitrogens with zero attached hydrogens (tertiary/aromatic N) is 1. The Morgan fingerprint density at radius 1 is 1.41 bits per heavy atom. The normalized spacial score (nSPS) is 13.6. The molecule has 1 atom stereocenters. The summed E-state index contributed by atoms with van der Waals surface area (Å²) in [4.78, 5) is 14.6. The van der Waals surface area contributed by atoms with E-state index >= 15 is 0 Å². The Morgan fingerprint density at radius 2 is 2.06 bits per heavy atom. The second kappa shape index (κ2) is 5.24. The summed E-state index contributed by atoms with van der Waals surface area (Å²) in [5, 5.41) is 8.72. The maximum absolute atomic E-state index is 11.8. The van der Waals surface area contributed by atoms with Gasteiger partial charge in [0.05, 0.1) is 0 Å². The highest BCUT2D eigenvalue weighted by Gasteiger charge is 2.28. The van der Waals surface area contributed by atoms with E-state index < -0.39 is 22.0 Å². The molecule has 6 nitrogen and oxygen atoms in total. The van der Waals surface area contributed by atoms with Crippen molar-refractivity contribution < 1.29 is 18.3 Å². The second-order valence-corrected chi connectivity index (χ2v) is 5.51. The zero-order valence-corrected chi connectivity index (χ0v) is 10.3. The number of hydrogen-bond donors (Lipinski definition) is 2. The standard InChI is InChI=1S/C10H14N2O4S/c1-7(2)9(10(13)14)12-17(15,16)8-5-3-4-6-11-8/h3-7,9,12H,1-2H3,(H,13,14). The van der Waals surface area contributed by atoms with Crippen LogP contribution in [0, 0.1) is 5.92 Å². The lowest BCUT2D eigenvalue weighted by atomic mass is 10.1. The monoisotopic (exact) mass is 258 g/mol. The Morgan fingerprint density at radius 3 is 2.47 bits per heavy atom. The molecular weight excluding hydrogens is 244 g/mol. The minimum atomic E-state index is -3.89. The summed E-state index contributed by atoms with van der Waals surface area (Å²) in [6.45, 7) is 3.25. The molecule has 0 saturated carbocycles. The maximum atomic E-state index is 11.8. The number of rotatable bonds is 5. The number of aliphatic carboxylic acids is 1. The molecule has 1 aromatic rings. The van der Waals surface area contributed by atoms with E-state index in [1.807, 2.05) is 0 Å². The van der Waals surface area contributed by atoms with Gasteiger partial charge in [0.1, 0.15) is 6.04 Å². The predicted molar refractivity (Wildman–Crippen MR) is 60.8 cm³/mol. The summed E-state index contributed by atoms with van der Waals surface area (Å²) in [6.07, 6.45) is 1.33. The molecular formula is C10H14N2O4S. The van der Waals surface area contributed by atoms with Crippen LogP contribution in [0.15, 0.2) is 29.4 Å². The Labute approximate surface area is 99.7 Å². The highest BCUT2D eigenvalue weighted by molar-refractivity contribution is 7.89. The Kier molecular flexibility index (Phi) is 4.19. The van der Waals surface area contributed by atoms with Gasteiger partial charge >= 0.3 is 5.97 Å². The number of aromatic nitrogens is 1. The van der Waals surface area contributed by atoms with Gasteiger partial charge in [0.15, 0.2) is 5.03 Å². The van der Waals surface area contributed by atoms with E-state index in [1.165, 1.54) is 18.3 Å². The molecule has 17 heavy (non-hydrogen) atoms. The van der Waals surface area contributed by atoms with Gasteiger partial charge in [-0.25, -0.2) is 13.4 Å². The van der Waals surface area contributed by atoms with E-state index in [-0.39, 0.29) is 10.9 Å². The largest absolute Gasteiger partial charge is 0.480 e. The smallest absolute Gasteiger partial charge is 0.322 e. The lowest BCUT2D eigenvalue weighted by Crippen LogP contribution is -2.44. The van der Waals surface area contributed by atoms with E-state index in [9.17, 15) is 13.2 Å². The lowest BCUT2D eigenvalue weighted by Gasteiger charge is -2.17. The number of carboxylic acids is 1. The van der Waals surface area contributed by atoms with Crippen molar-refractivity contribution in [1.29, 1.82) is 0 Å². The molecule has 0 bridgehead atoms. The second-order valence-electron chi connectivity index (χ2n) is 3.85. The molecule has 0 aliphatic rings. The number of nitrogens with one attached hydrogen (secondary N) is 1. The van der Waals surface area contributed by atoms with Crippen LogP contribution in [-0.2, 0) is 14.8 Å². The first-order chi connectivity index (χ1) is 7.84. The molecule has 1 heterocycles. The zero-order chi connectivity index (χ0) is 13.1. The van der Waals surface area contributed by atoms with E-state index in [1.54, 1.807) is 19.9 Å². The fourth-order valence-electron chi connectivity index (χ4n) is 1.21. The molecule has 0 fully saturated rings. The first kappa shape index (κ1) is 13.6. The summed E-state index contributed by atoms with van der Waals surface area (Å²) in [5.74, 6) is -1.56. The highest BCUT2D eigenvalue weighted by Crippen LogP contribution is 2.09. The molecule has 94 valence electrons. The van der Waals surface area contributed by atoms with Crippen LogP contribution >= 0.6 is 0 Å². The molecule has 1 unspecified atom stereocenters. The predicted octanol–water partition coefficient (Wildman–Crippen LogP) is 0.469.